The highest BCUT2D eigenvalue weighted by Gasteiger charge is 2.12. The van der Waals surface area contributed by atoms with Crippen molar-refractivity contribution in [1.82, 2.24) is 9.78 Å². The molecule has 0 aliphatic heterocycles. The van der Waals surface area contributed by atoms with Gasteiger partial charge in [-0.05, 0) is 12.3 Å². The highest BCUT2D eigenvalue weighted by atomic mass is 15.3. The maximum Gasteiger partial charge on any atom is 0.0719 e. The first-order valence-electron chi connectivity index (χ1n) is 5.62. The van der Waals surface area contributed by atoms with Crippen LogP contribution in [0.1, 0.15) is 38.5 Å². The van der Waals surface area contributed by atoms with Gasteiger partial charge in [0.1, 0.15) is 0 Å². The zero-order valence-corrected chi connectivity index (χ0v) is 8.65. The Morgan fingerprint density at radius 3 is 2.79 bits per heavy atom. The number of aromatic nitrogens is 2. The molecule has 0 spiro atoms. The Morgan fingerprint density at radius 2 is 2.14 bits per heavy atom. The highest BCUT2D eigenvalue weighted by Crippen LogP contribution is 2.26. The number of nitrogens with zero attached hydrogens (tertiary/aromatic N) is 2. The summed E-state index contributed by atoms with van der Waals surface area (Å²) in [5.74, 6) is 0.925. The molecule has 2 rings (SSSR count). The van der Waals surface area contributed by atoms with Crippen LogP contribution in [0.4, 0.5) is 5.69 Å². The van der Waals surface area contributed by atoms with Gasteiger partial charge in [-0.15, -0.1) is 0 Å². The van der Waals surface area contributed by atoms with E-state index in [1.54, 1.807) is 6.20 Å². The molecule has 2 N–H and O–H groups in total. The van der Waals surface area contributed by atoms with Gasteiger partial charge < -0.3 is 5.73 Å². The molecule has 0 aromatic carbocycles. The van der Waals surface area contributed by atoms with E-state index in [1.807, 2.05) is 10.9 Å². The Labute approximate surface area is 85.3 Å². The molecular weight excluding hydrogens is 174 g/mol. The highest BCUT2D eigenvalue weighted by molar-refractivity contribution is 5.30. The number of aryl methyl sites for hydroxylation is 1. The maximum absolute atomic E-state index is 5.60. The van der Waals surface area contributed by atoms with Crippen molar-refractivity contribution in [1.29, 1.82) is 0 Å². The van der Waals surface area contributed by atoms with Gasteiger partial charge in [-0.1, -0.05) is 32.1 Å². The molecule has 0 amide bonds. The van der Waals surface area contributed by atoms with Crippen LogP contribution in [0.3, 0.4) is 0 Å². The van der Waals surface area contributed by atoms with Gasteiger partial charge in [0, 0.05) is 12.7 Å². The Morgan fingerprint density at radius 1 is 1.36 bits per heavy atom. The summed E-state index contributed by atoms with van der Waals surface area (Å²) in [6.07, 6.45) is 12.0. The minimum Gasteiger partial charge on any atom is -0.396 e. The summed E-state index contributed by atoms with van der Waals surface area (Å²) >= 11 is 0. The van der Waals surface area contributed by atoms with E-state index in [4.69, 9.17) is 5.73 Å². The van der Waals surface area contributed by atoms with E-state index in [0.717, 1.165) is 18.2 Å². The molecule has 0 unspecified atom stereocenters. The number of hydrogen-bond donors (Lipinski definition) is 1. The van der Waals surface area contributed by atoms with E-state index in [0.29, 0.717) is 0 Å². The molecule has 78 valence electrons. The summed E-state index contributed by atoms with van der Waals surface area (Å²) in [5.41, 5.74) is 6.38. The van der Waals surface area contributed by atoms with E-state index < -0.39 is 0 Å². The van der Waals surface area contributed by atoms with E-state index >= 15 is 0 Å². The third-order valence-corrected chi connectivity index (χ3v) is 3.14. The summed E-state index contributed by atoms with van der Waals surface area (Å²) in [7, 11) is 0. The second kappa shape index (κ2) is 4.49. The Bertz CT molecular complexity index is 274. The normalized spacial score (nSPS) is 18.6. The van der Waals surface area contributed by atoms with Gasteiger partial charge >= 0.3 is 0 Å². The fourth-order valence-electron chi connectivity index (χ4n) is 2.29. The van der Waals surface area contributed by atoms with Crippen molar-refractivity contribution in [3.8, 4) is 0 Å². The molecule has 1 fully saturated rings. The Balaban J connectivity index is 1.76. The summed E-state index contributed by atoms with van der Waals surface area (Å²) in [5, 5.41) is 4.19. The average molecular weight is 193 g/mol. The summed E-state index contributed by atoms with van der Waals surface area (Å²) in [6.45, 7) is 1.03. The standard InChI is InChI=1S/C11H19N3/c12-11-8-13-14(9-11)7-6-10-4-2-1-3-5-10/h8-10H,1-7,12H2. The monoisotopic (exact) mass is 193 g/mol. The molecule has 1 aliphatic rings. The molecule has 1 saturated carbocycles. The largest absolute Gasteiger partial charge is 0.396 e. The molecule has 1 aromatic heterocycles. The van der Waals surface area contributed by atoms with Crippen molar-refractivity contribution in [2.45, 2.75) is 45.1 Å². The molecule has 14 heavy (non-hydrogen) atoms. The van der Waals surface area contributed by atoms with Crippen molar-refractivity contribution in [2.24, 2.45) is 5.92 Å². The third-order valence-electron chi connectivity index (χ3n) is 3.14. The van der Waals surface area contributed by atoms with E-state index in [2.05, 4.69) is 5.10 Å². The van der Waals surface area contributed by atoms with Gasteiger partial charge in [0.2, 0.25) is 0 Å². The first kappa shape index (κ1) is 9.56. The van der Waals surface area contributed by atoms with Crippen LogP contribution < -0.4 is 5.73 Å². The molecule has 1 aromatic rings. The van der Waals surface area contributed by atoms with E-state index in [9.17, 15) is 0 Å². The van der Waals surface area contributed by atoms with Gasteiger partial charge in [-0.3, -0.25) is 4.68 Å². The van der Waals surface area contributed by atoms with Gasteiger partial charge in [-0.25, -0.2) is 0 Å². The second-order valence-corrected chi connectivity index (χ2v) is 4.33. The minimum absolute atomic E-state index is 0.772. The molecule has 0 radical (unpaired) electrons. The van der Waals surface area contributed by atoms with Crippen LogP contribution in [-0.2, 0) is 6.54 Å². The summed E-state index contributed by atoms with van der Waals surface area (Å²) < 4.78 is 1.96. The van der Waals surface area contributed by atoms with Gasteiger partial charge in [0.25, 0.3) is 0 Å². The van der Waals surface area contributed by atoms with Gasteiger partial charge in [-0.2, -0.15) is 5.10 Å². The van der Waals surface area contributed by atoms with Crippen LogP contribution in [0, 0.1) is 5.92 Å². The molecule has 1 heterocycles. The van der Waals surface area contributed by atoms with Gasteiger partial charge in [0.05, 0.1) is 11.9 Å². The minimum atomic E-state index is 0.772. The predicted octanol–water partition coefficient (Wildman–Crippen LogP) is 2.44. The number of rotatable bonds is 3. The molecular formula is C11H19N3. The van der Waals surface area contributed by atoms with Crippen LogP contribution in [0.25, 0.3) is 0 Å². The SMILES string of the molecule is Nc1cnn(CCC2CCCCC2)c1. The van der Waals surface area contributed by atoms with Crippen molar-refractivity contribution < 1.29 is 0 Å². The summed E-state index contributed by atoms with van der Waals surface area (Å²) in [6, 6.07) is 0. The molecule has 3 heteroatoms. The third kappa shape index (κ3) is 2.50. The molecule has 0 atom stereocenters. The maximum atomic E-state index is 5.60. The Hall–Kier alpha value is -0.990. The number of nitrogens with two attached hydrogens (primary N) is 1. The predicted molar refractivity (Wildman–Crippen MR) is 57.8 cm³/mol. The van der Waals surface area contributed by atoms with Crippen LogP contribution in [-0.4, -0.2) is 9.78 Å². The molecule has 0 saturated heterocycles. The lowest BCUT2D eigenvalue weighted by atomic mass is 9.87. The lowest BCUT2D eigenvalue weighted by Gasteiger charge is -2.21. The first-order chi connectivity index (χ1) is 6.84. The molecule has 0 bridgehead atoms. The number of anilines is 1. The van der Waals surface area contributed by atoms with Crippen molar-refractivity contribution in [3.63, 3.8) is 0 Å². The van der Waals surface area contributed by atoms with Crippen molar-refractivity contribution in [3.05, 3.63) is 12.4 Å². The van der Waals surface area contributed by atoms with Crippen molar-refractivity contribution >= 4 is 5.69 Å². The lowest BCUT2D eigenvalue weighted by Crippen LogP contribution is -2.10. The molecule has 3 nitrogen and oxygen atoms in total. The smallest absolute Gasteiger partial charge is 0.0719 e. The van der Waals surface area contributed by atoms with Gasteiger partial charge in [0.15, 0.2) is 0 Å². The van der Waals surface area contributed by atoms with E-state index in [-0.39, 0.29) is 0 Å². The summed E-state index contributed by atoms with van der Waals surface area (Å²) in [4.78, 5) is 0. The Kier molecular flexibility index (Phi) is 3.07. The number of hydrogen-bond acceptors (Lipinski definition) is 2. The fraction of sp³-hybridized carbons (Fsp3) is 0.727. The quantitative estimate of drug-likeness (QED) is 0.801. The van der Waals surface area contributed by atoms with Crippen LogP contribution in [0.5, 0.6) is 0 Å². The average Bonchev–Trinajstić information content (AvgIpc) is 2.63. The molecule has 1 aliphatic carbocycles. The number of nitrogen functional groups attached to an aromatic ring is 1. The van der Waals surface area contributed by atoms with E-state index in [1.165, 1.54) is 38.5 Å². The van der Waals surface area contributed by atoms with Crippen LogP contribution >= 0.6 is 0 Å². The topological polar surface area (TPSA) is 43.8 Å². The zero-order chi connectivity index (χ0) is 9.80. The fourth-order valence-corrected chi connectivity index (χ4v) is 2.29. The van der Waals surface area contributed by atoms with Crippen molar-refractivity contribution in [2.75, 3.05) is 5.73 Å². The lowest BCUT2D eigenvalue weighted by molar-refractivity contribution is 0.319. The second-order valence-electron chi connectivity index (χ2n) is 4.33. The van der Waals surface area contributed by atoms with Crippen LogP contribution in [0.2, 0.25) is 0 Å². The first-order valence-corrected chi connectivity index (χ1v) is 5.62. The van der Waals surface area contributed by atoms with Crippen LogP contribution in [0.15, 0.2) is 12.4 Å². The zero-order valence-electron chi connectivity index (χ0n) is 8.65.